The molecule has 0 radical (unpaired) electrons. The molecular weight excluding hydrogens is 345 g/mol. The number of rotatable bonds is 3. The maximum atomic E-state index is 13.2. The average Bonchev–Trinajstić information content (AvgIpc) is 2.58. The Bertz CT molecular complexity index is 815. The molecule has 0 spiro atoms. The van der Waals surface area contributed by atoms with E-state index in [1.165, 1.54) is 6.07 Å². The summed E-state index contributed by atoms with van der Waals surface area (Å²) < 4.78 is 65.0. The highest BCUT2D eigenvalue weighted by atomic mass is 19.4. The summed E-state index contributed by atoms with van der Waals surface area (Å²) in [6, 6.07) is 7.21. The maximum Gasteiger partial charge on any atom is 0.417 e. The Morgan fingerprint density at radius 2 is 1.80 bits per heavy atom. The van der Waals surface area contributed by atoms with Crippen molar-refractivity contribution >= 4 is 11.8 Å². The predicted octanol–water partition coefficient (Wildman–Crippen LogP) is 4.90. The summed E-state index contributed by atoms with van der Waals surface area (Å²) in [6.07, 6.45) is -4.51. The van der Waals surface area contributed by atoms with E-state index in [9.17, 15) is 26.9 Å². The van der Waals surface area contributed by atoms with Crippen molar-refractivity contribution in [2.75, 3.05) is 0 Å². The lowest BCUT2D eigenvalue weighted by atomic mass is 10.0. The molecule has 1 amide bonds. The highest BCUT2D eigenvalue weighted by Crippen LogP contribution is 2.32. The van der Waals surface area contributed by atoms with Gasteiger partial charge in [0.05, 0.1) is 11.1 Å². The summed E-state index contributed by atoms with van der Waals surface area (Å²) in [7, 11) is 0. The quantitative estimate of drug-likeness (QED) is 0.445. The number of amides is 1. The maximum absolute atomic E-state index is 13.2. The highest BCUT2D eigenvalue weighted by Gasteiger charge is 2.35. The van der Waals surface area contributed by atoms with Gasteiger partial charge in [0.25, 0.3) is 11.8 Å². The van der Waals surface area contributed by atoms with Gasteiger partial charge in [-0.15, -0.1) is 0 Å². The monoisotopic (exact) mass is 357 g/mol. The van der Waals surface area contributed by atoms with Crippen LogP contribution in [0.2, 0.25) is 0 Å². The van der Waals surface area contributed by atoms with Crippen LogP contribution in [-0.4, -0.2) is 11.8 Å². The Morgan fingerprint density at radius 3 is 2.40 bits per heavy atom. The minimum absolute atomic E-state index is 0.0239. The molecule has 8 heteroatoms. The number of halogens is 5. The topological polar surface area (TPSA) is 38.7 Å². The molecule has 0 aliphatic rings. The number of aliphatic imine (C=N–C) groups is 1. The van der Waals surface area contributed by atoms with Crippen LogP contribution in [0.1, 0.15) is 34.0 Å². The Labute approximate surface area is 139 Å². The largest absolute Gasteiger partial charge is 0.417 e. The first kappa shape index (κ1) is 18.6. The zero-order valence-corrected chi connectivity index (χ0v) is 12.9. The zero-order valence-electron chi connectivity index (χ0n) is 12.9. The minimum Gasteiger partial charge on any atom is -0.273 e. The summed E-state index contributed by atoms with van der Waals surface area (Å²) in [5.74, 6) is -2.75. The van der Waals surface area contributed by atoms with Gasteiger partial charge >= 0.3 is 6.18 Å². The van der Waals surface area contributed by atoms with Crippen molar-refractivity contribution in [3.05, 3.63) is 70.5 Å². The Hall–Kier alpha value is -2.77. The van der Waals surface area contributed by atoms with Gasteiger partial charge in [0.15, 0.2) is 0 Å². The normalized spacial score (nSPS) is 12.2. The predicted molar refractivity (Wildman–Crippen MR) is 80.3 cm³/mol. The van der Waals surface area contributed by atoms with Crippen LogP contribution in [0.15, 0.2) is 47.5 Å². The molecule has 0 atom stereocenters. The summed E-state index contributed by atoms with van der Waals surface area (Å²) in [6.45, 7) is 1.65. The highest BCUT2D eigenvalue weighted by molar-refractivity contribution is 6.08. The molecule has 0 heterocycles. The fraction of sp³-hybridized carbons (Fsp3) is 0.176. The average molecular weight is 357 g/mol. The van der Waals surface area contributed by atoms with Crippen LogP contribution in [0, 0.1) is 5.82 Å². The molecule has 0 N–H and O–H groups in total. The molecule has 2 aromatic carbocycles. The summed E-state index contributed by atoms with van der Waals surface area (Å²) >= 11 is 0. The van der Waals surface area contributed by atoms with Crippen LogP contribution in [0.4, 0.5) is 22.1 Å². The summed E-state index contributed by atoms with van der Waals surface area (Å²) in [4.78, 5) is 19.0. The molecule has 0 unspecified atom stereocenters. The second-order valence-electron chi connectivity index (χ2n) is 5.00. The number of alkyl halides is 3. The molecule has 0 aliphatic heterocycles. The van der Waals surface area contributed by atoms with E-state index in [1.54, 1.807) is 6.92 Å². The fourth-order valence-corrected chi connectivity index (χ4v) is 2.25. The number of nitrogens with zero attached hydrogens (tertiary/aromatic N) is 1. The van der Waals surface area contributed by atoms with Gasteiger partial charge in [-0.05, 0) is 42.3 Å². The third-order valence-corrected chi connectivity index (χ3v) is 3.42. The van der Waals surface area contributed by atoms with Crippen molar-refractivity contribution in [1.82, 2.24) is 0 Å². The van der Waals surface area contributed by atoms with E-state index in [0.29, 0.717) is 6.07 Å². The van der Waals surface area contributed by atoms with Crippen molar-refractivity contribution < 1.29 is 31.8 Å². The van der Waals surface area contributed by atoms with Gasteiger partial charge in [-0.1, -0.05) is 19.1 Å². The second kappa shape index (κ2) is 7.42. The molecule has 0 saturated heterocycles. The molecule has 0 saturated carbocycles. The van der Waals surface area contributed by atoms with Crippen LogP contribution >= 0.6 is 0 Å². The molecule has 2 rings (SSSR count). The van der Waals surface area contributed by atoms with Crippen LogP contribution in [0.3, 0.4) is 0 Å². The van der Waals surface area contributed by atoms with Gasteiger partial charge in [-0.25, -0.2) is 4.39 Å². The van der Waals surface area contributed by atoms with Gasteiger partial charge in [0, 0.05) is 10.1 Å². The number of benzene rings is 2. The van der Waals surface area contributed by atoms with E-state index in [1.807, 2.05) is 0 Å². The van der Waals surface area contributed by atoms with E-state index in [2.05, 4.69) is 9.93 Å². The second-order valence-corrected chi connectivity index (χ2v) is 5.00. The summed E-state index contributed by atoms with van der Waals surface area (Å²) in [5.41, 5.74) is -1.68. The molecule has 0 aliphatic carbocycles. The third kappa shape index (κ3) is 4.20. The lowest BCUT2D eigenvalue weighted by Crippen LogP contribution is -2.14. The van der Waals surface area contributed by atoms with Gasteiger partial charge in [-0.3, -0.25) is 9.74 Å². The van der Waals surface area contributed by atoms with Crippen molar-refractivity contribution in [1.29, 1.82) is 0 Å². The van der Waals surface area contributed by atoms with Gasteiger partial charge in [0.1, 0.15) is 5.82 Å². The Kier molecular flexibility index (Phi) is 5.51. The SMILES string of the molecule is CCc1cc(F)ccc1C(=NC(=O)c1ccccc1C(F)(F)F)OF. The fourth-order valence-electron chi connectivity index (χ4n) is 2.25. The van der Waals surface area contributed by atoms with Crippen molar-refractivity contribution in [2.24, 2.45) is 4.99 Å². The molecule has 0 fully saturated rings. The lowest BCUT2D eigenvalue weighted by molar-refractivity contribution is -0.137. The van der Waals surface area contributed by atoms with E-state index < -0.39 is 34.9 Å². The minimum atomic E-state index is -4.77. The van der Waals surface area contributed by atoms with Crippen LogP contribution in [-0.2, 0) is 17.5 Å². The number of hydrogen-bond donors (Lipinski definition) is 0. The zero-order chi connectivity index (χ0) is 18.6. The van der Waals surface area contributed by atoms with Crippen molar-refractivity contribution in [3.8, 4) is 0 Å². The van der Waals surface area contributed by atoms with E-state index in [-0.39, 0.29) is 17.5 Å². The Morgan fingerprint density at radius 1 is 1.12 bits per heavy atom. The van der Waals surface area contributed by atoms with Crippen molar-refractivity contribution in [2.45, 2.75) is 19.5 Å². The Balaban J connectivity index is 2.50. The first-order valence-corrected chi connectivity index (χ1v) is 7.14. The van der Waals surface area contributed by atoms with Crippen LogP contribution in [0.5, 0.6) is 0 Å². The smallest absolute Gasteiger partial charge is 0.273 e. The molecule has 25 heavy (non-hydrogen) atoms. The summed E-state index contributed by atoms with van der Waals surface area (Å²) in [5, 5.41) is 0. The first-order valence-electron chi connectivity index (χ1n) is 7.14. The first-order chi connectivity index (χ1) is 11.8. The number of carbonyl (C=O) groups excluding carboxylic acids is 1. The number of aryl methyl sites for hydroxylation is 1. The van der Waals surface area contributed by atoms with Gasteiger partial charge in [-0.2, -0.15) is 18.2 Å². The molecular formula is C17H12F5NO2. The molecule has 3 nitrogen and oxygen atoms in total. The number of carbonyl (C=O) groups is 1. The van der Waals surface area contributed by atoms with Gasteiger partial charge < -0.3 is 0 Å². The molecule has 0 bridgehead atoms. The molecule has 2 aromatic rings. The third-order valence-electron chi connectivity index (χ3n) is 3.42. The van der Waals surface area contributed by atoms with Crippen molar-refractivity contribution in [3.63, 3.8) is 0 Å². The van der Waals surface area contributed by atoms with Gasteiger partial charge in [0.2, 0.25) is 0 Å². The van der Waals surface area contributed by atoms with Crippen LogP contribution in [0.25, 0.3) is 0 Å². The lowest BCUT2D eigenvalue weighted by Gasteiger charge is -2.11. The number of hydrogen-bond acceptors (Lipinski definition) is 2. The standard InChI is InChI=1S/C17H12F5NO2/c1-2-10-9-11(18)7-8-12(10)16(25-22)23-15(24)13-5-3-4-6-14(13)17(19,20)21/h3-9H,2H2,1H3. The molecule has 0 aromatic heterocycles. The van der Waals surface area contributed by atoms with Crippen LogP contribution < -0.4 is 0 Å². The van der Waals surface area contributed by atoms with E-state index in [4.69, 9.17) is 0 Å². The van der Waals surface area contributed by atoms with E-state index >= 15 is 0 Å². The van der Waals surface area contributed by atoms with E-state index in [0.717, 1.165) is 30.3 Å². The molecule has 132 valence electrons.